The molecule has 0 radical (unpaired) electrons. The molecule has 0 aromatic heterocycles. The Labute approximate surface area is 120 Å². The molecule has 0 saturated carbocycles. The number of aliphatic imine (C=N–C) groups is 1. The average molecular weight is 274 g/mol. The predicted octanol–water partition coefficient (Wildman–Crippen LogP) is 2.38. The topological polar surface area (TPSA) is 62.9 Å². The minimum atomic E-state index is 0.564. The zero-order valence-corrected chi connectivity index (χ0v) is 12.1. The fourth-order valence-electron chi connectivity index (χ4n) is 2.00. The van der Waals surface area contributed by atoms with Crippen LogP contribution in [0.15, 0.2) is 41.2 Å². The highest BCUT2D eigenvalue weighted by Crippen LogP contribution is 2.19. The second kappa shape index (κ2) is 6.84. The number of rotatable bonds is 6. The van der Waals surface area contributed by atoms with Crippen LogP contribution in [0.25, 0.3) is 0 Å². The van der Waals surface area contributed by atoms with Gasteiger partial charge in [0.15, 0.2) is 0 Å². The number of nitrogens with one attached hydrogen (secondary N) is 1. The molecule has 3 N–H and O–H groups in total. The van der Waals surface area contributed by atoms with Crippen molar-refractivity contribution in [3.05, 3.63) is 36.2 Å². The summed E-state index contributed by atoms with van der Waals surface area (Å²) in [7, 11) is 1.66. The van der Waals surface area contributed by atoms with Crippen LogP contribution in [-0.4, -0.2) is 31.1 Å². The molecule has 0 saturated heterocycles. The fraction of sp³-hybridized carbons (Fsp3) is 0.400. The van der Waals surface area contributed by atoms with Crippen LogP contribution in [0.4, 0.5) is 5.69 Å². The van der Waals surface area contributed by atoms with Crippen LogP contribution in [0.5, 0.6) is 5.75 Å². The summed E-state index contributed by atoms with van der Waals surface area (Å²) < 4.78 is 5.16. The first-order valence-corrected chi connectivity index (χ1v) is 6.90. The Balaban J connectivity index is 2.08. The number of amidine groups is 1. The van der Waals surface area contributed by atoms with Crippen LogP contribution < -0.4 is 15.8 Å². The summed E-state index contributed by atoms with van der Waals surface area (Å²) in [5, 5.41) is 3.39. The normalized spacial score (nSPS) is 14.6. The number of unbranched alkanes of at least 4 members (excludes halogenated alkanes) is 1. The van der Waals surface area contributed by atoms with Crippen LogP contribution in [-0.2, 0) is 0 Å². The third kappa shape index (κ3) is 3.66. The summed E-state index contributed by atoms with van der Waals surface area (Å²) in [6.07, 6.45) is 4.17. The van der Waals surface area contributed by atoms with Crippen molar-refractivity contribution < 1.29 is 4.74 Å². The molecule has 2 rings (SSSR count). The monoisotopic (exact) mass is 274 g/mol. The van der Waals surface area contributed by atoms with E-state index in [9.17, 15) is 0 Å². The summed E-state index contributed by atoms with van der Waals surface area (Å²) in [6, 6.07) is 7.83. The van der Waals surface area contributed by atoms with Gasteiger partial charge in [-0.3, -0.25) is 0 Å². The van der Waals surface area contributed by atoms with Gasteiger partial charge < -0.3 is 20.7 Å². The molecule has 5 heteroatoms. The minimum absolute atomic E-state index is 0.564. The number of nitrogens with zero attached hydrogens (tertiary/aromatic N) is 2. The number of hydrogen-bond donors (Lipinski definition) is 2. The van der Waals surface area contributed by atoms with Crippen LogP contribution in [0, 0.1) is 0 Å². The summed E-state index contributed by atoms with van der Waals surface area (Å²) in [6.45, 7) is 3.77. The maximum atomic E-state index is 5.80. The molecule has 1 aromatic rings. The van der Waals surface area contributed by atoms with E-state index in [1.54, 1.807) is 7.11 Å². The largest absolute Gasteiger partial charge is 0.497 e. The van der Waals surface area contributed by atoms with E-state index in [1.807, 2.05) is 30.3 Å². The molecule has 1 aliphatic rings. The highest BCUT2D eigenvalue weighted by Gasteiger charge is 2.13. The smallest absolute Gasteiger partial charge is 0.123 e. The van der Waals surface area contributed by atoms with Gasteiger partial charge in [0.05, 0.1) is 7.11 Å². The van der Waals surface area contributed by atoms with Gasteiger partial charge in [-0.2, -0.15) is 0 Å². The summed E-state index contributed by atoms with van der Waals surface area (Å²) in [4.78, 5) is 6.47. The van der Waals surface area contributed by atoms with Crippen molar-refractivity contribution in [2.75, 3.05) is 25.6 Å². The molecule has 0 unspecified atom stereocenters. The second-order valence-electron chi connectivity index (χ2n) is 4.72. The zero-order valence-electron chi connectivity index (χ0n) is 12.1. The van der Waals surface area contributed by atoms with E-state index in [0.29, 0.717) is 12.5 Å². The molecule has 0 aliphatic carbocycles. The first kappa shape index (κ1) is 14.2. The molecule has 0 fully saturated rings. The van der Waals surface area contributed by atoms with E-state index in [2.05, 4.69) is 22.1 Å². The Hall–Kier alpha value is -2.17. The SMILES string of the molecule is CCCCN1CN=C(N)C=C1Nc1ccc(OC)cc1. The molecule has 0 bridgehead atoms. The van der Waals surface area contributed by atoms with Crippen LogP contribution in [0.1, 0.15) is 19.8 Å². The van der Waals surface area contributed by atoms with E-state index in [0.717, 1.165) is 36.6 Å². The first-order valence-electron chi connectivity index (χ1n) is 6.90. The molecule has 5 nitrogen and oxygen atoms in total. The lowest BCUT2D eigenvalue weighted by molar-refractivity contribution is 0.348. The number of methoxy groups -OCH3 is 1. The lowest BCUT2D eigenvalue weighted by atomic mass is 10.2. The van der Waals surface area contributed by atoms with E-state index >= 15 is 0 Å². The molecule has 1 heterocycles. The average Bonchev–Trinajstić information content (AvgIpc) is 2.47. The van der Waals surface area contributed by atoms with E-state index < -0.39 is 0 Å². The Kier molecular flexibility index (Phi) is 4.87. The van der Waals surface area contributed by atoms with Crippen LogP contribution in [0.3, 0.4) is 0 Å². The lowest BCUT2D eigenvalue weighted by Gasteiger charge is -2.29. The van der Waals surface area contributed by atoms with Crippen molar-refractivity contribution in [1.29, 1.82) is 0 Å². The van der Waals surface area contributed by atoms with Crippen molar-refractivity contribution in [2.45, 2.75) is 19.8 Å². The fourth-order valence-corrected chi connectivity index (χ4v) is 2.00. The Morgan fingerprint density at radius 2 is 2.10 bits per heavy atom. The van der Waals surface area contributed by atoms with Crippen molar-refractivity contribution >= 4 is 11.5 Å². The van der Waals surface area contributed by atoms with E-state index in [4.69, 9.17) is 10.5 Å². The quantitative estimate of drug-likeness (QED) is 0.836. The van der Waals surface area contributed by atoms with Gasteiger partial charge in [0.1, 0.15) is 24.1 Å². The first-order chi connectivity index (χ1) is 9.72. The van der Waals surface area contributed by atoms with Crippen LogP contribution in [0.2, 0.25) is 0 Å². The molecule has 0 atom stereocenters. The van der Waals surface area contributed by atoms with Crippen molar-refractivity contribution in [3.8, 4) is 5.75 Å². The molecule has 0 amide bonds. The Bertz CT molecular complexity index is 493. The highest BCUT2D eigenvalue weighted by atomic mass is 16.5. The van der Waals surface area contributed by atoms with E-state index in [-0.39, 0.29) is 0 Å². The van der Waals surface area contributed by atoms with Gasteiger partial charge in [0, 0.05) is 18.3 Å². The molecule has 1 aliphatic heterocycles. The summed E-state index contributed by atoms with van der Waals surface area (Å²) >= 11 is 0. The molecular weight excluding hydrogens is 252 g/mol. The van der Waals surface area contributed by atoms with Crippen molar-refractivity contribution in [2.24, 2.45) is 10.7 Å². The number of nitrogens with two attached hydrogens (primary N) is 1. The summed E-state index contributed by atoms with van der Waals surface area (Å²) in [5.41, 5.74) is 6.81. The van der Waals surface area contributed by atoms with Gasteiger partial charge in [-0.1, -0.05) is 13.3 Å². The number of ether oxygens (including phenoxy) is 1. The highest BCUT2D eigenvalue weighted by molar-refractivity contribution is 5.93. The van der Waals surface area contributed by atoms with Gasteiger partial charge in [-0.15, -0.1) is 0 Å². The molecular formula is C15H22N4O. The molecule has 20 heavy (non-hydrogen) atoms. The molecule has 108 valence electrons. The predicted molar refractivity (Wildman–Crippen MR) is 82.8 cm³/mol. The lowest BCUT2D eigenvalue weighted by Crippen LogP contribution is -2.34. The molecule has 1 aromatic carbocycles. The Morgan fingerprint density at radius 1 is 1.35 bits per heavy atom. The minimum Gasteiger partial charge on any atom is -0.497 e. The zero-order chi connectivity index (χ0) is 14.4. The number of anilines is 1. The van der Waals surface area contributed by atoms with Gasteiger partial charge in [0.2, 0.25) is 0 Å². The standard InChI is InChI=1S/C15H22N4O/c1-3-4-9-19-11-17-14(16)10-15(19)18-12-5-7-13(20-2)8-6-12/h5-8,10,18H,3-4,9,11H2,1-2H3,(H2,16,17). The maximum absolute atomic E-state index is 5.80. The van der Waals surface area contributed by atoms with Gasteiger partial charge >= 0.3 is 0 Å². The maximum Gasteiger partial charge on any atom is 0.123 e. The number of hydrogen-bond acceptors (Lipinski definition) is 5. The van der Waals surface area contributed by atoms with Gasteiger partial charge in [-0.25, -0.2) is 4.99 Å². The third-order valence-electron chi connectivity index (χ3n) is 3.19. The van der Waals surface area contributed by atoms with E-state index in [1.165, 1.54) is 0 Å². The third-order valence-corrected chi connectivity index (χ3v) is 3.19. The summed E-state index contributed by atoms with van der Waals surface area (Å²) in [5.74, 6) is 2.40. The van der Waals surface area contributed by atoms with Crippen LogP contribution >= 0.6 is 0 Å². The van der Waals surface area contributed by atoms with Crippen molar-refractivity contribution in [3.63, 3.8) is 0 Å². The van der Waals surface area contributed by atoms with Gasteiger partial charge in [-0.05, 0) is 30.7 Å². The number of benzene rings is 1. The van der Waals surface area contributed by atoms with Gasteiger partial charge in [0.25, 0.3) is 0 Å². The van der Waals surface area contributed by atoms with Crippen molar-refractivity contribution in [1.82, 2.24) is 4.90 Å². The second-order valence-corrected chi connectivity index (χ2v) is 4.72. The molecule has 0 spiro atoms. The Morgan fingerprint density at radius 3 is 2.75 bits per heavy atom.